The Hall–Kier alpha value is -3.90. The van der Waals surface area contributed by atoms with E-state index in [4.69, 9.17) is 20.9 Å². The fourth-order valence-corrected chi connectivity index (χ4v) is 5.07. The van der Waals surface area contributed by atoms with Gasteiger partial charge in [-0.2, -0.15) is 0 Å². The molecule has 4 N–H and O–H groups in total. The number of hydrogen-bond donors (Lipinski definition) is 3. The number of guanidine groups is 1. The van der Waals surface area contributed by atoms with Gasteiger partial charge in [0.1, 0.15) is 5.60 Å². The predicted molar refractivity (Wildman–Crippen MR) is 150 cm³/mol. The van der Waals surface area contributed by atoms with E-state index in [1.54, 1.807) is 12.0 Å². The third-order valence-corrected chi connectivity index (χ3v) is 7.06. The van der Waals surface area contributed by atoms with E-state index in [0.29, 0.717) is 18.8 Å². The number of methoxy groups -OCH3 is 1. The third kappa shape index (κ3) is 5.75. The van der Waals surface area contributed by atoms with Crippen LogP contribution in [0.5, 0.6) is 5.88 Å². The minimum Gasteiger partial charge on any atom is -0.481 e. The summed E-state index contributed by atoms with van der Waals surface area (Å²) in [6.07, 6.45) is 2.05. The fourth-order valence-electron chi connectivity index (χ4n) is 5.07. The smallest absolute Gasteiger partial charge is 0.217 e. The van der Waals surface area contributed by atoms with Crippen LogP contribution in [0.15, 0.2) is 84.9 Å². The van der Waals surface area contributed by atoms with Crippen LogP contribution >= 0.6 is 0 Å². The summed E-state index contributed by atoms with van der Waals surface area (Å²) in [7, 11) is 3.44. The highest BCUT2D eigenvalue weighted by molar-refractivity contribution is 5.81. The van der Waals surface area contributed by atoms with Crippen molar-refractivity contribution in [1.29, 1.82) is 5.41 Å². The maximum Gasteiger partial charge on any atom is 0.217 e. The van der Waals surface area contributed by atoms with Crippen molar-refractivity contribution in [2.45, 2.75) is 37.7 Å². The molecular weight excluding hydrogens is 460 g/mol. The molecule has 4 rings (SSSR count). The average molecular weight is 497 g/mol. The molecule has 0 aliphatic carbocycles. The Morgan fingerprint density at radius 3 is 2.35 bits per heavy atom. The lowest BCUT2D eigenvalue weighted by Gasteiger charge is -2.38. The number of hydrogen-bond acceptors (Lipinski definition) is 4. The standard InChI is InChI=1S/C31H36N4O2/c1-22-16-17-27-24(20-22)21-26(29(34-27)37-3)28(23-12-6-4-7-13-23)31(36,25-14-8-5-9-15-25)18-10-11-19-35(2)30(32)33/h4-9,12-17,20-21,28,36H,10-11,18-19H2,1-3H3,(H3,32,33). The van der Waals surface area contributed by atoms with Crippen LogP contribution < -0.4 is 10.5 Å². The summed E-state index contributed by atoms with van der Waals surface area (Å²) >= 11 is 0. The molecule has 6 heteroatoms. The number of aromatic nitrogens is 1. The van der Waals surface area contributed by atoms with Gasteiger partial charge in [0.25, 0.3) is 0 Å². The van der Waals surface area contributed by atoms with E-state index < -0.39 is 11.5 Å². The topological polar surface area (TPSA) is 95.5 Å². The molecule has 0 saturated heterocycles. The molecule has 0 aliphatic rings. The second-order valence-corrected chi connectivity index (χ2v) is 9.68. The van der Waals surface area contributed by atoms with E-state index >= 15 is 0 Å². The van der Waals surface area contributed by atoms with Crippen LogP contribution in [0, 0.1) is 12.3 Å². The van der Waals surface area contributed by atoms with Crippen molar-refractivity contribution < 1.29 is 9.84 Å². The predicted octanol–water partition coefficient (Wildman–Crippen LogP) is 5.57. The lowest BCUT2D eigenvalue weighted by atomic mass is 9.71. The number of benzene rings is 3. The van der Waals surface area contributed by atoms with Crippen LogP contribution in [0.2, 0.25) is 0 Å². The molecule has 6 nitrogen and oxygen atoms in total. The third-order valence-electron chi connectivity index (χ3n) is 7.06. The summed E-state index contributed by atoms with van der Waals surface area (Å²) in [4.78, 5) is 6.57. The Kier molecular flexibility index (Phi) is 8.09. The first-order valence-electron chi connectivity index (χ1n) is 12.7. The largest absolute Gasteiger partial charge is 0.481 e. The zero-order chi connectivity index (χ0) is 26.4. The first-order chi connectivity index (χ1) is 17.8. The number of pyridine rings is 1. The summed E-state index contributed by atoms with van der Waals surface area (Å²) in [5, 5.41) is 21.4. The maximum atomic E-state index is 12.7. The van der Waals surface area contributed by atoms with Crippen LogP contribution in [-0.4, -0.2) is 41.7 Å². The van der Waals surface area contributed by atoms with E-state index in [-0.39, 0.29) is 5.96 Å². The molecule has 1 aromatic heterocycles. The normalized spacial score (nSPS) is 13.6. The van der Waals surface area contributed by atoms with Crippen molar-refractivity contribution in [3.05, 3.63) is 107 Å². The number of fused-ring (bicyclic) bond motifs is 1. The molecule has 0 aliphatic heterocycles. The molecule has 192 valence electrons. The highest BCUT2D eigenvalue weighted by atomic mass is 16.5. The van der Waals surface area contributed by atoms with E-state index in [9.17, 15) is 5.11 Å². The molecular formula is C31H36N4O2. The van der Waals surface area contributed by atoms with Crippen LogP contribution in [0.3, 0.4) is 0 Å². The van der Waals surface area contributed by atoms with Gasteiger partial charge >= 0.3 is 0 Å². The summed E-state index contributed by atoms with van der Waals surface area (Å²) < 4.78 is 5.83. The highest BCUT2D eigenvalue weighted by Crippen LogP contribution is 2.48. The maximum absolute atomic E-state index is 12.7. The molecule has 0 amide bonds. The molecule has 3 aromatic carbocycles. The quantitative estimate of drug-likeness (QED) is 0.152. The molecule has 1 heterocycles. The molecule has 4 aromatic rings. The number of unbranched alkanes of at least 4 members (excludes halogenated alkanes) is 1. The number of nitrogens with two attached hydrogens (primary N) is 1. The summed E-state index contributed by atoms with van der Waals surface area (Å²) in [5.41, 5.74) is 9.07. The lowest BCUT2D eigenvalue weighted by Crippen LogP contribution is -2.36. The Balaban J connectivity index is 1.86. The van der Waals surface area contributed by atoms with Crippen molar-refractivity contribution in [1.82, 2.24) is 9.88 Å². The molecule has 0 radical (unpaired) electrons. The Morgan fingerprint density at radius 1 is 1.03 bits per heavy atom. The van der Waals surface area contributed by atoms with Gasteiger partial charge in [0.2, 0.25) is 5.88 Å². The minimum atomic E-state index is -1.23. The van der Waals surface area contributed by atoms with Crippen molar-refractivity contribution in [2.24, 2.45) is 5.73 Å². The van der Waals surface area contributed by atoms with Gasteiger partial charge in [0.15, 0.2) is 5.96 Å². The zero-order valence-electron chi connectivity index (χ0n) is 21.8. The first kappa shape index (κ1) is 26.2. The van der Waals surface area contributed by atoms with Gasteiger partial charge < -0.3 is 20.5 Å². The molecule has 2 unspecified atom stereocenters. The van der Waals surface area contributed by atoms with E-state index in [1.807, 2.05) is 67.7 Å². The van der Waals surface area contributed by atoms with Gasteiger partial charge in [-0.1, -0.05) is 72.3 Å². The Morgan fingerprint density at radius 2 is 1.70 bits per heavy atom. The SMILES string of the molecule is COc1nc2ccc(C)cc2cc1C(c1ccccc1)C(O)(CCCCN(C)C(=N)N)c1ccccc1. The van der Waals surface area contributed by atoms with Crippen molar-refractivity contribution in [3.8, 4) is 5.88 Å². The number of aryl methyl sites for hydroxylation is 1. The minimum absolute atomic E-state index is 0.0442. The highest BCUT2D eigenvalue weighted by Gasteiger charge is 2.42. The average Bonchev–Trinajstić information content (AvgIpc) is 2.91. The van der Waals surface area contributed by atoms with Gasteiger partial charge in [-0.05, 0) is 55.5 Å². The van der Waals surface area contributed by atoms with Gasteiger partial charge in [0.05, 0.1) is 12.6 Å². The van der Waals surface area contributed by atoms with Gasteiger partial charge in [0, 0.05) is 30.5 Å². The van der Waals surface area contributed by atoms with Gasteiger partial charge in [-0.25, -0.2) is 4.98 Å². The van der Waals surface area contributed by atoms with Gasteiger partial charge in [-0.3, -0.25) is 5.41 Å². The summed E-state index contributed by atoms with van der Waals surface area (Å²) in [6, 6.07) is 28.2. The van der Waals surface area contributed by atoms with Crippen LogP contribution in [-0.2, 0) is 5.60 Å². The van der Waals surface area contributed by atoms with E-state index in [1.165, 1.54) is 0 Å². The number of nitrogens with zero attached hydrogens (tertiary/aromatic N) is 2. The van der Waals surface area contributed by atoms with Crippen LogP contribution in [0.1, 0.15) is 47.4 Å². The van der Waals surface area contributed by atoms with Crippen molar-refractivity contribution >= 4 is 16.9 Å². The Labute approximate surface area is 219 Å². The first-order valence-corrected chi connectivity index (χ1v) is 12.7. The molecule has 0 fully saturated rings. The number of aliphatic hydroxyl groups is 1. The van der Waals surface area contributed by atoms with Crippen molar-refractivity contribution in [2.75, 3.05) is 20.7 Å². The fraction of sp³-hybridized carbons (Fsp3) is 0.290. The second-order valence-electron chi connectivity index (χ2n) is 9.68. The molecule has 0 spiro atoms. The summed E-state index contributed by atoms with van der Waals surface area (Å²) in [6.45, 7) is 2.72. The lowest BCUT2D eigenvalue weighted by molar-refractivity contribution is 0.00693. The molecule has 2 atom stereocenters. The number of rotatable bonds is 10. The molecule has 0 bridgehead atoms. The van der Waals surface area contributed by atoms with E-state index in [2.05, 4.69) is 31.2 Å². The second kappa shape index (κ2) is 11.4. The van der Waals surface area contributed by atoms with Gasteiger partial charge in [-0.15, -0.1) is 0 Å². The number of ether oxygens (including phenoxy) is 1. The molecule has 37 heavy (non-hydrogen) atoms. The number of nitrogens with one attached hydrogen (secondary N) is 1. The molecule has 0 saturated carbocycles. The van der Waals surface area contributed by atoms with Crippen molar-refractivity contribution in [3.63, 3.8) is 0 Å². The summed E-state index contributed by atoms with van der Waals surface area (Å²) in [5.74, 6) is 0.132. The van der Waals surface area contributed by atoms with Crippen LogP contribution in [0.25, 0.3) is 10.9 Å². The van der Waals surface area contributed by atoms with E-state index in [0.717, 1.165) is 46.0 Å². The monoisotopic (exact) mass is 496 g/mol. The Bertz CT molecular complexity index is 1340. The zero-order valence-corrected chi connectivity index (χ0v) is 21.8. The van der Waals surface area contributed by atoms with Crippen LogP contribution in [0.4, 0.5) is 0 Å².